The van der Waals surface area contributed by atoms with Crippen molar-refractivity contribution >= 4 is 11.8 Å². The van der Waals surface area contributed by atoms with E-state index in [1.165, 1.54) is 12.1 Å². The number of rotatable bonds is 5. The van der Waals surface area contributed by atoms with Crippen LogP contribution in [0.2, 0.25) is 0 Å². The molecule has 0 radical (unpaired) electrons. The average molecular weight is 370 g/mol. The maximum atomic E-state index is 13.2. The number of halogens is 1. The number of nitrogens with zero attached hydrogens (tertiary/aromatic N) is 3. The van der Waals surface area contributed by atoms with Crippen molar-refractivity contribution in [3.8, 4) is 5.69 Å². The molecule has 1 aliphatic heterocycles. The van der Waals surface area contributed by atoms with Gasteiger partial charge in [0.05, 0.1) is 17.8 Å². The van der Waals surface area contributed by atoms with E-state index in [0.29, 0.717) is 12.5 Å². The molecule has 2 amide bonds. The second kappa shape index (κ2) is 6.79. The molecule has 27 heavy (non-hydrogen) atoms. The van der Waals surface area contributed by atoms with Crippen LogP contribution in [0.4, 0.5) is 4.39 Å². The molecule has 2 heterocycles. The lowest BCUT2D eigenvalue weighted by atomic mass is 10.1. The molecule has 1 saturated heterocycles. The minimum absolute atomic E-state index is 0.0429. The second-order valence-electron chi connectivity index (χ2n) is 7.39. The SMILES string of the molecule is Cc1nn(-c2ccc(F)cc2)c(C)c1CC(=O)N[C@@H]1CCN(C2CC2)C1=O. The Hall–Kier alpha value is -2.70. The number of likely N-dealkylation sites (tertiary alicyclic amines) is 1. The van der Waals surface area contributed by atoms with E-state index in [0.717, 1.165) is 42.0 Å². The molecule has 2 fully saturated rings. The Bertz CT molecular complexity index is 886. The number of carbonyl (C=O) groups is 2. The Morgan fingerprint density at radius 3 is 2.59 bits per heavy atom. The highest BCUT2D eigenvalue weighted by molar-refractivity contribution is 5.90. The minimum Gasteiger partial charge on any atom is -0.344 e. The van der Waals surface area contributed by atoms with Crippen molar-refractivity contribution in [3.05, 3.63) is 47.0 Å². The molecular formula is C20H23FN4O2. The van der Waals surface area contributed by atoms with Crippen molar-refractivity contribution in [2.24, 2.45) is 0 Å². The highest BCUT2D eigenvalue weighted by Gasteiger charge is 2.40. The van der Waals surface area contributed by atoms with E-state index >= 15 is 0 Å². The molecule has 7 heteroatoms. The van der Waals surface area contributed by atoms with Crippen LogP contribution in [0.5, 0.6) is 0 Å². The Balaban J connectivity index is 1.45. The Labute approximate surface area is 157 Å². The van der Waals surface area contributed by atoms with Gasteiger partial charge in [-0.3, -0.25) is 9.59 Å². The van der Waals surface area contributed by atoms with Crippen molar-refractivity contribution < 1.29 is 14.0 Å². The van der Waals surface area contributed by atoms with E-state index in [9.17, 15) is 14.0 Å². The normalized spacial score (nSPS) is 19.6. The molecule has 4 rings (SSSR count). The van der Waals surface area contributed by atoms with Gasteiger partial charge >= 0.3 is 0 Å². The van der Waals surface area contributed by atoms with Crippen LogP contribution in [-0.4, -0.2) is 45.1 Å². The van der Waals surface area contributed by atoms with Crippen molar-refractivity contribution in [1.82, 2.24) is 20.0 Å². The number of benzene rings is 1. The topological polar surface area (TPSA) is 67.2 Å². The van der Waals surface area contributed by atoms with Gasteiger partial charge in [-0.05, 0) is 57.4 Å². The third kappa shape index (κ3) is 3.46. The maximum Gasteiger partial charge on any atom is 0.245 e. The van der Waals surface area contributed by atoms with Crippen molar-refractivity contribution in [2.45, 2.75) is 51.6 Å². The van der Waals surface area contributed by atoms with Crippen molar-refractivity contribution in [3.63, 3.8) is 0 Å². The van der Waals surface area contributed by atoms with Crippen LogP contribution in [0, 0.1) is 19.7 Å². The Kier molecular flexibility index (Phi) is 4.45. The van der Waals surface area contributed by atoms with Crippen molar-refractivity contribution in [2.75, 3.05) is 6.54 Å². The van der Waals surface area contributed by atoms with Crippen LogP contribution >= 0.6 is 0 Å². The van der Waals surface area contributed by atoms with Gasteiger partial charge in [0.2, 0.25) is 11.8 Å². The molecule has 142 valence electrons. The van der Waals surface area contributed by atoms with Crippen LogP contribution in [0.25, 0.3) is 5.69 Å². The van der Waals surface area contributed by atoms with E-state index in [-0.39, 0.29) is 24.1 Å². The third-order valence-corrected chi connectivity index (χ3v) is 5.41. The number of hydrogen-bond donors (Lipinski definition) is 1. The molecular weight excluding hydrogens is 347 g/mol. The quantitative estimate of drug-likeness (QED) is 0.876. The van der Waals surface area contributed by atoms with E-state index in [1.54, 1.807) is 16.8 Å². The molecule has 0 unspecified atom stereocenters. The van der Waals surface area contributed by atoms with Crippen LogP contribution < -0.4 is 5.32 Å². The molecule has 1 aromatic carbocycles. The number of aryl methyl sites for hydroxylation is 1. The predicted octanol–water partition coefficient (Wildman–Crippen LogP) is 2.05. The standard InChI is InChI=1S/C20H23FN4O2/c1-12-17(13(2)25(23-12)16-5-3-14(21)4-6-16)11-19(26)22-18-9-10-24(20(18)27)15-7-8-15/h3-6,15,18H,7-11H2,1-2H3,(H,22,26)/t18-/m1/s1. The summed E-state index contributed by atoms with van der Waals surface area (Å²) in [5.41, 5.74) is 3.17. The summed E-state index contributed by atoms with van der Waals surface area (Å²) < 4.78 is 14.9. The molecule has 6 nitrogen and oxygen atoms in total. The fourth-order valence-corrected chi connectivity index (χ4v) is 3.76. The second-order valence-corrected chi connectivity index (χ2v) is 7.39. The summed E-state index contributed by atoms with van der Waals surface area (Å²) >= 11 is 0. The average Bonchev–Trinajstić information content (AvgIpc) is 3.37. The smallest absolute Gasteiger partial charge is 0.245 e. The van der Waals surface area contributed by atoms with Gasteiger partial charge in [-0.1, -0.05) is 0 Å². The monoisotopic (exact) mass is 370 g/mol. The van der Waals surface area contributed by atoms with E-state index in [2.05, 4.69) is 10.4 Å². The van der Waals surface area contributed by atoms with Crippen LogP contribution in [0.3, 0.4) is 0 Å². The summed E-state index contributed by atoms with van der Waals surface area (Å²) in [4.78, 5) is 26.8. The zero-order valence-electron chi connectivity index (χ0n) is 15.5. The lowest BCUT2D eigenvalue weighted by molar-refractivity contribution is -0.132. The molecule has 0 spiro atoms. The van der Waals surface area contributed by atoms with E-state index < -0.39 is 6.04 Å². The molecule has 1 aliphatic carbocycles. The molecule has 1 atom stereocenters. The molecule has 1 saturated carbocycles. The first-order valence-electron chi connectivity index (χ1n) is 9.35. The summed E-state index contributed by atoms with van der Waals surface area (Å²) in [6.45, 7) is 4.47. The lowest BCUT2D eigenvalue weighted by Gasteiger charge is -2.16. The molecule has 0 bridgehead atoms. The number of hydrogen-bond acceptors (Lipinski definition) is 3. The zero-order valence-corrected chi connectivity index (χ0v) is 15.5. The summed E-state index contributed by atoms with van der Waals surface area (Å²) in [6, 6.07) is 6.05. The molecule has 2 aromatic rings. The van der Waals surface area contributed by atoms with E-state index in [4.69, 9.17) is 0 Å². The molecule has 2 aliphatic rings. The summed E-state index contributed by atoms with van der Waals surface area (Å²) in [5, 5.41) is 7.38. The predicted molar refractivity (Wildman–Crippen MR) is 98.0 cm³/mol. The summed E-state index contributed by atoms with van der Waals surface area (Å²) in [7, 11) is 0. The minimum atomic E-state index is -0.411. The lowest BCUT2D eigenvalue weighted by Crippen LogP contribution is -2.42. The first kappa shape index (κ1) is 17.7. The number of nitrogens with one attached hydrogen (secondary N) is 1. The highest BCUT2D eigenvalue weighted by Crippen LogP contribution is 2.30. The maximum absolute atomic E-state index is 13.2. The Morgan fingerprint density at radius 1 is 1.22 bits per heavy atom. The fraction of sp³-hybridized carbons (Fsp3) is 0.450. The third-order valence-electron chi connectivity index (χ3n) is 5.41. The first-order chi connectivity index (χ1) is 12.9. The van der Waals surface area contributed by atoms with Gasteiger partial charge in [0.15, 0.2) is 0 Å². The summed E-state index contributed by atoms with van der Waals surface area (Å²) in [5.74, 6) is -0.432. The number of aromatic nitrogens is 2. The van der Waals surface area contributed by atoms with Crippen molar-refractivity contribution in [1.29, 1.82) is 0 Å². The zero-order chi connectivity index (χ0) is 19.1. The fourth-order valence-electron chi connectivity index (χ4n) is 3.76. The summed E-state index contributed by atoms with van der Waals surface area (Å²) in [6.07, 6.45) is 3.00. The van der Waals surface area contributed by atoms with Crippen LogP contribution in [0.1, 0.15) is 36.2 Å². The number of carbonyl (C=O) groups excluding carboxylic acids is 2. The van der Waals surface area contributed by atoms with Crippen LogP contribution in [-0.2, 0) is 16.0 Å². The van der Waals surface area contributed by atoms with Crippen LogP contribution in [0.15, 0.2) is 24.3 Å². The van der Waals surface area contributed by atoms with Gasteiger partial charge in [0, 0.05) is 23.8 Å². The Morgan fingerprint density at radius 2 is 1.93 bits per heavy atom. The highest BCUT2D eigenvalue weighted by atomic mass is 19.1. The largest absolute Gasteiger partial charge is 0.344 e. The van der Waals surface area contributed by atoms with Gasteiger partial charge < -0.3 is 10.2 Å². The van der Waals surface area contributed by atoms with E-state index in [1.807, 2.05) is 18.7 Å². The van der Waals surface area contributed by atoms with Gasteiger partial charge in [0.1, 0.15) is 11.9 Å². The first-order valence-corrected chi connectivity index (χ1v) is 9.35. The van der Waals surface area contributed by atoms with Gasteiger partial charge in [-0.2, -0.15) is 5.10 Å². The number of amides is 2. The van der Waals surface area contributed by atoms with Gasteiger partial charge in [-0.15, -0.1) is 0 Å². The molecule has 1 N–H and O–H groups in total. The van der Waals surface area contributed by atoms with Gasteiger partial charge in [0.25, 0.3) is 0 Å². The van der Waals surface area contributed by atoms with Gasteiger partial charge in [-0.25, -0.2) is 9.07 Å². The molecule has 1 aromatic heterocycles.